The Kier molecular flexibility index (Phi) is 5.92. The number of alkyl halides is 3. The largest absolute Gasteiger partial charge is 0.444 e. The van der Waals surface area contributed by atoms with Crippen LogP contribution in [0.25, 0.3) is 0 Å². The van der Waals surface area contributed by atoms with Gasteiger partial charge in [-0.1, -0.05) is 11.3 Å². The van der Waals surface area contributed by atoms with Crippen LogP contribution >= 0.6 is 0 Å². The molecule has 1 aliphatic carbocycles. The summed E-state index contributed by atoms with van der Waals surface area (Å²) in [4.78, 5) is 28.7. The molecule has 1 aromatic carbocycles. The molecule has 2 fully saturated rings. The summed E-state index contributed by atoms with van der Waals surface area (Å²) in [5.41, 5.74) is 0.654. The molecule has 1 spiro atoms. The summed E-state index contributed by atoms with van der Waals surface area (Å²) in [6, 6.07) is 2.14. The Balaban J connectivity index is 1.07. The zero-order valence-corrected chi connectivity index (χ0v) is 18.9. The highest BCUT2D eigenvalue weighted by molar-refractivity contribution is 5.80. The molecule has 1 N–H and O–H groups in total. The second-order valence-corrected chi connectivity index (χ2v) is 9.72. The average molecular weight is 495 g/mol. The molecule has 0 radical (unpaired) electrons. The third kappa shape index (κ3) is 4.70. The van der Waals surface area contributed by atoms with Gasteiger partial charge in [-0.2, -0.15) is 13.2 Å². The maximum absolute atomic E-state index is 14.0. The molecule has 12 heteroatoms. The van der Waals surface area contributed by atoms with E-state index in [1.807, 2.05) is 4.90 Å². The van der Waals surface area contributed by atoms with Crippen molar-refractivity contribution in [1.29, 1.82) is 0 Å². The number of rotatable bonds is 3. The number of ether oxygens (including phenoxy) is 1. The van der Waals surface area contributed by atoms with Crippen LogP contribution in [0.5, 0.6) is 0 Å². The molecule has 2 aliphatic heterocycles. The summed E-state index contributed by atoms with van der Waals surface area (Å²) in [5, 5.41) is 10.7. The van der Waals surface area contributed by atoms with Gasteiger partial charge in [-0.05, 0) is 37.8 Å². The SMILES string of the molecule is O=C(OCc1ccc(C(F)(F)F)cc1F)N1CCC2(CC1)CN(C(=O)[C@@H]1CCc3[nH]nnc3C1)C2. The van der Waals surface area contributed by atoms with Crippen LogP contribution in [0.15, 0.2) is 18.2 Å². The molecular formula is C23H25F4N5O3. The lowest BCUT2D eigenvalue weighted by atomic mass is 9.71. The number of carbonyl (C=O) groups is 2. The van der Waals surface area contributed by atoms with E-state index in [4.69, 9.17) is 4.74 Å². The molecule has 1 aromatic heterocycles. The number of amides is 2. The Morgan fingerprint density at radius 2 is 1.91 bits per heavy atom. The second-order valence-electron chi connectivity index (χ2n) is 9.72. The summed E-state index contributed by atoms with van der Waals surface area (Å²) in [5.74, 6) is -1.00. The zero-order chi connectivity index (χ0) is 24.8. The number of carbonyl (C=O) groups excluding carboxylic acids is 2. The molecular weight excluding hydrogens is 470 g/mol. The molecule has 3 heterocycles. The first-order valence-electron chi connectivity index (χ1n) is 11.6. The lowest BCUT2D eigenvalue weighted by molar-refractivity contribution is -0.151. The molecule has 35 heavy (non-hydrogen) atoms. The summed E-state index contributed by atoms with van der Waals surface area (Å²) in [7, 11) is 0. The molecule has 8 nitrogen and oxygen atoms in total. The van der Waals surface area contributed by atoms with Crippen LogP contribution in [0.1, 0.15) is 41.8 Å². The van der Waals surface area contributed by atoms with Crippen LogP contribution in [0.4, 0.5) is 22.4 Å². The molecule has 3 aliphatic rings. The monoisotopic (exact) mass is 495 g/mol. The number of aryl methyl sites for hydroxylation is 1. The highest BCUT2D eigenvalue weighted by atomic mass is 19.4. The minimum Gasteiger partial charge on any atom is -0.444 e. The summed E-state index contributed by atoms with van der Waals surface area (Å²) < 4.78 is 57.1. The topological polar surface area (TPSA) is 91.4 Å². The van der Waals surface area contributed by atoms with Gasteiger partial charge in [0.05, 0.1) is 17.0 Å². The second kappa shape index (κ2) is 8.80. The number of benzene rings is 1. The maximum atomic E-state index is 14.0. The van der Waals surface area contributed by atoms with Gasteiger partial charge >= 0.3 is 12.3 Å². The van der Waals surface area contributed by atoms with Crippen LogP contribution in [0.2, 0.25) is 0 Å². The highest BCUT2D eigenvalue weighted by Gasteiger charge is 2.48. The molecule has 2 amide bonds. The van der Waals surface area contributed by atoms with E-state index >= 15 is 0 Å². The Morgan fingerprint density at radius 1 is 1.17 bits per heavy atom. The normalized spacial score (nSPS) is 21.4. The number of aromatic nitrogens is 3. The van der Waals surface area contributed by atoms with E-state index in [2.05, 4.69) is 15.4 Å². The molecule has 0 unspecified atom stereocenters. The number of fused-ring (bicyclic) bond motifs is 1. The molecule has 0 saturated carbocycles. The smallest absolute Gasteiger partial charge is 0.416 e. The number of aromatic amines is 1. The van der Waals surface area contributed by atoms with E-state index < -0.39 is 30.3 Å². The van der Waals surface area contributed by atoms with Crippen LogP contribution in [0, 0.1) is 17.2 Å². The Bertz CT molecular complexity index is 1120. The number of hydrogen-bond acceptors (Lipinski definition) is 5. The van der Waals surface area contributed by atoms with Gasteiger partial charge in [0, 0.05) is 49.5 Å². The van der Waals surface area contributed by atoms with Crippen LogP contribution in [-0.2, 0) is 35.2 Å². The van der Waals surface area contributed by atoms with Crippen molar-refractivity contribution < 1.29 is 31.9 Å². The third-order valence-electron chi connectivity index (χ3n) is 7.41. The van der Waals surface area contributed by atoms with Gasteiger partial charge in [-0.15, -0.1) is 5.10 Å². The average Bonchev–Trinajstić information content (AvgIpc) is 3.28. The van der Waals surface area contributed by atoms with Crippen molar-refractivity contribution in [1.82, 2.24) is 25.2 Å². The van der Waals surface area contributed by atoms with Gasteiger partial charge in [-0.25, -0.2) is 9.18 Å². The minimum atomic E-state index is -4.64. The number of nitrogens with zero attached hydrogens (tertiary/aromatic N) is 4. The number of hydrogen-bond donors (Lipinski definition) is 1. The number of halogens is 4. The quantitative estimate of drug-likeness (QED) is 0.660. The van der Waals surface area contributed by atoms with E-state index in [1.165, 1.54) is 4.90 Å². The zero-order valence-electron chi connectivity index (χ0n) is 18.9. The van der Waals surface area contributed by atoms with Gasteiger partial charge in [0.1, 0.15) is 12.4 Å². The number of piperidine rings is 1. The molecule has 188 valence electrons. The number of nitrogens with one attached hydrogen (secondary N) is 1. The van der Waals surface area contributed by atoms with Crippen molar-refractivity contribution in [2.45, 2.75) is 44.9 Å². The van der Waals surface area contributed by atoms with Crippen molar-refractivity contribution in [3.63, 3.8) is 0 Å². The first kappa shape index (κ1) is 23.6. The third-order valence-corrected chi connectivity index (χ3v) is 7.41. The van der Waals surface area contributed by atoms with Gasteiger partial charge in [0.2, 0.25) is 5.91 Å². The summed E-state index contributed by atoms with van der Waals surface area (Å²) in [6.07, 6.45) is -1.68. The highest BCUT2D eigenvalue weighted by Crippen LogP contribution is 2.42. The number of likely N-dealkylation sites (tertiary alicyclic amines) is 2. The van der Waals surface area contributed by atoms with E-state index in [9.17, 15) is 27.2 Å². The van der Waals surface area contributed by atoms with Crippen LogP contribution in [0.3, 0.4) is 0 Å². The fraction of sp³-hybridized carbons (Fsp3) is 0.565. The molecule has 2 saturated heterocycles. The fourth-order valence-electron chi connectivity index (χ4n) is 5.23. The van der Waals surface area contributed by atoms with Crippen molar-refractivity contribution in [2.24, 2.45) is 11.3 Å². The van der Waals surface area contributed by atoms with Crippen LogP contribution < -0.4 is 0 Å². The lowest BCUT2D eigenvalue weighted by Crippen LogP contribution is -2.63. The van der Waals surface area contributed by atoms with Crippen LogP contribution in [-0.4, -0.2) is 63.4 Å². The van der Waals surface area contributed by atoms with E-state index in [-0.39, 0.29) is 22.8 Å². The predicted octanol–water partition coefficient (Wildman–Crippen LogP) is 3.33. The fourth-order valence-corrected chi connectivity index (χ4v) is 5.23. The van der Waals surface area contributed by atoms with Crippen molar-refractivity contribution in [2.75, 3.05) is 26.2 Å². The lowest BCUT2D eigenvalue weighted by Gasteiger charge is -2.54. The van der Waals surface area contributed by atoms with Crippen molar-refractivity contribution in [3.05, 3.63) is 46.5 Å². The van der Waals surface area contributed by atoms with Gasteiger partial charge < -0.3 is 14.5 Å². The maximum Gasteiger partial charge on any atom is 0.416 e. The Hall–Kier alpha value is -3.18. The van der Waals surface area contributed by atoms with E-state index in [0.717, 1.165) is 49.2 Å². The predicted molar refractivity (Wildman–Crippen MR) is 113 cm³/mol. The van der Waals surface area contributed by atoms with Crippen molar-refractivity contribution in [3.8, 4) is 0 Å². The van der Waals surface area contributed by atoms with Crippen molar-refractivity contribution >= 4 is 12.0 Å². The first-order valence-corrected chi connectivity index (χ1v) is 11.6. The molecule has 1 atom stereocenters. The Morgan fingerprint density at radius 3 is 2.60 bits per heavy atom. The van der Waals surface area contributed by atoms with Gasteiger partial charge in [0.25, 0.3) is 0 Å². The van der Waals surface area contributed by atoms with E-state index in [0.29, 0.717) is 38.7 Å². The first-order chi connectivity index (χ1) is 16.6. The van der Waals surface area contributed by atoms with Gasteiger partial charge in [-0.3, -0.25) is 9.89 Å². The van der Waals surface area contributed by atoms with E-state index in [1.54, 1.807) is 0 Å². The summed E-state index contributed by atoms with van der Waals surface area (Å²) >= 11 is 0. The molecule has 5 rings (SSSR count). The van der Waals surface area contributed by atoms with Gasteiger partial charge in [0.15, 0.2) is 0 Å². The Labute approximate surface area is 198 Å². The summed E-state index contributed by atoms with van der Waals surface area (Å²) in [6.45, 7) is 1.77. The number of H-pyrrole nitrogens is 1. The minimum absolute atomic E-state index is 0.0142. The molecule has 2 aromatic rings. The molecule has 0 bridgehead atoms. The standard InChI is InChI=1S/C23H25F4N5O3/c24-17-10-16(23(25,26)27)3-1-15(17)11-35-21(34)31-7-5-22(6-8-31)12-32(13-22)20(33)14-2-4-18-19(9-14)29-30-28-18/h1,3,10,14H,2,4-9,11-13H2,(H,28,29,30)/t14-/m1/s1.